The normalized spacial score (nSPS) is 11.6. The van der Waals surface area contributed by atoms with Crippen molar-refractivity contribution in [2.45, 2.75) is 13.8 Å². The van der Waals surface area contributed by atoms with Gasteiger partial charge in [-0.1, -0.05) is 0 Å². The van der Waals surface area contributed by atoms with Crippen molar-refractivity contribution in [1.82, 2.24) is 10.2 Å². The van der Waals surface area contributed by atoms with Crippen LogP contribution in [-0.4, -0.2) is 28.5 Å². The molecule has 0 amide bonds. The molecule has 6 heteroatoms. The van der Waals surface area contributed by atoms with Crippen molar-refractivity contribution in [3.63, 3.8) is 0 Å². The minimum Gasteiger partial charge on any atom is -0.461 e. The number of esters is 1. The zero-order valence-electron chi connectivity index (χ0n) is 10.2. The number of nitrogens with one attached hydrogen (secondary N) is 2. The fourth-order valence-corrected chi connectivity index (χ4v) is 1.44. The highest BCUT2D eigenvalue weighted by Crippen LogP contribution is 2.16. The summed E-state index contributed by atoms with van der Waals surface area (Å²) < 4.78 is 4.83. The second kappa shape index (κ2) is 5.31. The van der Waals surface area contributed by atoms with Gasteiger partial charge in [0.1, 0.15) is 5.71 Å². The van der Waals surface area contributed by atoms with E-state index in [1.807, 2.05) is 18.2 Å². The van der Waals surface area contributed by atoms with E-state index in [-0.39, 0.29) is 5.71 Å². The Morgan fingerprint density at radius 2 is 2.39 bits per heavy atom. The quantitative estimate of drug-likeness (QED) is 0.490. The molecule has 0 saturated heterocycles. The number of benzene rings is 1. The SMILES string of the molecule is CCOC(=O)C(C)=NNc1ccc2[nH]ncc2c1. The lowest BCUT2D eigenvalue weighted by Gasteiger charge is -2.03. The van der Waals surface area contributed by atoms with Crippen LogP contribution in [0.5, 0.6) is 0 Å². The van der Waals surface area contributed by atoms with Crippen molar-refractivity contribution in [3.05, 3.63) is 24.4 Å². The molecule has 0 bridgehead atoms. The van der Waals surface area contributed by atoms with Gasteiger partial charge in [-0.15, -0.1) is 0 Å². The molecule has 94 valence electrons. The van der Waals surface area contributed by atoms with Crippen molar-refractivity contribution >= 4 is 28.3 Å². The van der Waals surface area contributed by atoms with Gasteiger partial charge in [0.2, 0.25) is 0 Å². The number of hydrazone groups is 1. The monoisotopic (exact) mass is 246 g/mol. The van der Waals surface area contributed by atoms with E-state index in [1.54, 1.807) is 20.0 Å². The summed E-state index contributed by atoms with van der Waals surface area (Å²) in [6.45, 7) is 3.69. The van der Waals surface area contributed by atoms with E-state index >= 15 is 0 Å². The third-order valence-corrected chi connectivity index (χ3v) is 2.36. The van der Waals surface area contributed by atoms with Crippen molar-refractivity contribution < 1.29 is 9.53 Å². The van der Waals surface area contributed by atoms with Gasteiger partial charge in [-0.05, 0) is 32.0 Å². The van der Waals surface area contributed by atoms with Gasteiger partial charge in [-0.3, -0.25) is 10.5 Å². The number of aromatic nitrogens is 2. The third kappa shape index (κ3) is 2.65. The van der Waals surface area contributed by atoms with Crippen LogP contribution in [-0.2, 0) is 9.53 Å². The number of nitrogens with zero attached hydrogens (tertiary/aromatic N) is 2. The van der Waals surface area contributed by atoms with Crippen LogP contribution in [0, 0.1) is 0 Å². The summed E-state index contributed by atoms with van der Waals surface area (Å²) in [7, 11) is 0. The summed E-state index contributed by atoms with van der Waals surface area (Å²) in [4.78, 5) is 11.3. The molecule has 2 N–H and O–H groups in total. The zero-order chi connectivity index (χ0) is 13.0. The van der Waals surface area contributed by atoms with Gasteiger partial charge in [0, 0.05) is 5.39 Å². The highest BCUT2D eigenvalue weighted by molar-refractivity contribution is 6.35. The van der Waals surface area contributed by atoms with E-state index in [1.165, 1.54) is 0 Å². The summed E-state index contributed by atoms with van der Waals surface area (Å²) in [5.41, 5.74) is 4.83. The highest BCUT2D eigenvalue weighted by Gasteiger charge is 2.05. The van der Waals surface area contributed by atoms with Gasteiger partial charge < -0.3 is 4.74 Å². The molecular weight excluding hydrogens is 232 g/mol. The minimum atomic E-state index is -0.422. The molecule has 0 radical (unpaired) electrons. The summed E-state index contributed by atoms with van der Waals surface area (Å²) in [5.74, 6) is -0.422. The molecule has 1 heterocycles. The lowest BCUT2D eigenvalue weighted by Crippen LogP contribution is -2.15. The molecule has 0 fully saturated rings. The van der Waals surface area contributed by atoms with E-state index in [9.17, 15) is 4.79 Å². The summed E-state index contributed by atoms with van der Waals surface area (Å²) in [6, 6.07) is 5.63. The van der Waals surface area contributed by atoms with Crippen LogP contribution in [0.2, 0.25) is 0 Å². The number of anilines is 1. The molecule has 2 rings (SSSR count). The Balaban J connectivity index is 2.09. The molecule has 0 aliphatic heterocycles. The Morgan fingerprint density at radius 1 is 1.56 bits per heavy atom. The molecule has 0 spiro atoms. The first-order chi connectivity index (χ1) is 8.70. The van der Waals surface area contributed by atoms with Gasteiger partial charge in [0.15, 0.2) is 0 Å². The molecular formula is C12H14N4O2. The molecule has 1 aromatic carbocycles. The van der Waals surface area contributed by atoms with E-state index in [0.29, 0.717) is 6.61 Å². The molecule has 1 aromatic heterocycles. The number of H-pyrrole nitrogens is 1. The fourth-order valence-electron chi connectivity index (χ4n) is 1.44. The van der Waals surface area contributed by atoms with E-state index in [2.05, 4.69) is 20.7 Å². The predicted molar refractivity (Wildman–Crippen MR) is 69.5 cm³/mol. The van der Waals surface area contributed by atoms with Crippen molar-refractivity contribution in [3.8, 4) is 0 Å². The first-order valence-corrected chi connectivity index (χ1v) is 5.61. The maximum absolute atomic E-state index is 11.3. The Hall–Kier alpha value is -2.37. The molecule has 0 aliphatic rings. The Bertz CT molecular complexity index is 589. The smallest absolute Gasteiger partial charge is 0.354 e. The van der Waals surface area contributed by atoms with Gasteiger partial charge >= 0.3 is 5.97 Å². The first kappa shape index (κ1) is 12.1. The number of hydrogen-bond acceptors (Lipinski definition) is 5. The average Bonchev–Trinajstić information content (AvgIpc) is 2.83. The van der Waals surface area contributed by atoms with Gasteiger partial charge in [0.25, 0.3) is 0 Å². The number of aromatic amines is 1. The molecule has 0 unspecified atom stereocenters. The first-order valence-electron chi connectivity index (χ1n) is 5.61. The van der Waals surface area contributed by atoms with Crippen LogP contribution in [0.15, 0.2) is 29.5 Å². The Kier molecular flexibility index (Phi) is 3.57. The zero-order valence-corrected chi connectivity index (χ0v) is 10.2. The maximum Gasteiger partial charge on any atom is 0.354 e. The number of carbonyl (C=O) groups is 1. The van der Waals surface area contributed by atoms with E-state index in [4.69, 9.17) is 4.74 Å². The van der Waals surface area contributed by atoms with E-state index < -0.39 is 5.97 Å². The van der Waals surface area contributed by atoms with Crippen LogP contribution >= 0.6 is 0 Å². The van der Waals surface area contributed by atoms with Crippen molar-refractivity contribution in [1.29, 1.82) is 0 Å². The van der Waals surface area contributed by atoms with Crippen LogP contribution < -0.4 is 5.43 Å². The molecule has 0 saturated carbocycles. The van der Waals surface area contributed by atoms with Crippen LogP contribution in [0.3, 0.4) is 0 Å². The largest absolute Gasteiger partial charge is 0.461 e. The molecule has 0 aliphatic carbocycles. The van der Waals surface area contributed by atoms with Crippen LogP contribution in [0.4, 0.5) is 5.69 Å². The second-order valence-corrected chi connectivity index (χ2v) is 3.70. The Labute approximate surface area is 104 Å². The van der Waals surface area contributed by atoms with Crippen molar-refractivity contribution in [2.24, 2.45) is 5.10 Å². The molecule has 2 aromatic rings. The molecule has 0 atom stereocenters. The maximum atomic E-state index is 11.3. The lowest BCUT2D eigenvalue weighted by molar-refractivity contribution is -0.135. The second-order valence-electron chi connectivity index (χ2n) is 3.70. The van der Waals surface area contributed by atoms with E-state index in [0.717, 1.165) is 16.6 Å². The standard InChI is InChI=1S/C12H14N4O2/c1-3-18-12(17)8(2)14-15-10-4-5-11-9(6-10)7-13-16-11/h4-7,15H,3H2,1-2H3,(H,13,16). The average molecular weight is 246 g/mol. The van der Waals surface area contributed by atoms with Gasteiger partial charge in [0.05, 0.1) is 24.0 Å². The number of rotatable bonds is 4. The molecule has 18 heavy (non-hydrogen) atoms. The fraction of sp³-hybridized carbons (Fsp3) is 0.250. The molecule has 6 nitrogen and oxygen atoms in total. The predicted octanol–water partition coefficient (Wildman–Crippen LogP) is 1.91. The van der Waals surface area contributed by atoms with Gasteiger partial charge in [-0.25, -0.2) is 4.79 Å². The van der Waals surface area contributed by atoms with Crippen LogP contribution in [0.25, 0.3) is 10.9 Å². The topological polar surface area (TPSA) is 79.4 Å². The lowest BCUT2D eigenvalue weighted by atomic mass is 10.2. The number of fused-ring (bicyclic) bond motifs is 1. The summed E-state index contributed by atoms with van der Waals surface area (Å²) in [5, 5.41) is 11.7. The number of ether oxygens (including phenoxy) is 1. The highest BCUT2D eigenvalue weighted by atomic mass is 16.5. The van der Waals surface area contributed by atoms with Gasteiger partial charge in [-0.2, -0.15) is 10.2 Å². The third-order valence-electron chi connectivity index (χ3n) is 2.36. The summed E-state index contributed by atoms with van der Waals surface area (Å²) >= 11 is 0. The number of carbonyl (C=O) groups excluding carboxylic acids is 1. The minimum absolute atomic E-state index is 0.282. The Morgan fingerprint density at radius 3 is 3.17 bits per heavy atom. The van der Waals surface area contributed by atoms with Crippen LogP contribution in [0.1, 0.15) is 13.8 Å². The summed E-state index contributed by atoms with van der Waals surface area (Å²) in [6.07, 6.45) is 1.72. The number of hydrogen-bond donors (Lipinski definition) is 2. The van der Waals surface area contributed by atoms with Crippen molar-refractivity contribution in [2.75, 3.05) is 12.0 Å².